The number of anilines is 1. The number of piperidine rings is 1. The lowest BCUT2D eigenvalue weighted by molar-refractivity contribution is -0.144. The topological polar surface area (TPSA) is 123 Å². The molecule has 0 radical (unpaired) electrons. The van der Waals surface area contributed by atoms with Crippen molar-refractivity contribution >= 4 is 23.6 Å². The molecule has 2 saturated heterocycles. The summed E-state index contributed by atoms with van der Waals surface area (Å²) in [6, 6.07) is 9.33. The quantitative estimate of drug-likeness (QED) is 0.371. The standard InChI is InChI=1S/C22H33N5O5/c1-15(2)32-22(30)24-14-16-12-18(20(28)25-31)19(23-13-16)21(29)27-10-8-26(9-11-27)17-6-4-3-5-7-17/h3-7,15-16,18-19,23,31H,8-14H2,1-2H3,(H,24,30)(H,25,28)/t16?,18-,19-/m0/s1. The molecule has 1 aromatic carbocycles. The normalized spacial score (nSPS) is 23.6. The van der Waals surface area contributed by atoms with Gasteiger partial charge in [-0.15, -0.1) is 0 Å². The molecule has 10 heteroatoms. The Morgan fingerprint density at radius 1 is 1.16 bits per heavy atom. The summed E-state index contributed by atoms with van der Waals surface area (Å²) >= 11 is 0. The van der Waals surface area contributed by atoms with E-state index >= 15 is 0 Å². The first kappa shape index (κ1) is 23.8. The molecule has 2 aliphatic heterocycles. The Balaban J connectivity index is 1.56. The Morgan fingerprint density at radius 2 is 1.84 bits per heavy atom. The fourth-order valence-corrected chi connectivity index (χ4v) is 4.27. The predicted molar refractivity (Wildman–Crippen MR) is 118 cm³/mol. The van der Waals surface area contributed by atoms with E-state index in [1.165, 1.54) is 0 Å². The maximum Gasteiger partial charge on any atom is 0.407 e. The number of amides is 3. The van der Waals surface area contributed by atoms with Crippen molar-refractivity contribution in [3.8, 4) is 0 Å². The Hall–Kier alpha value is -2.85. The SMILES string of the molecule is CC(C)OC(=O)NCC1CN[C@H](C(=O)N2CCN(c3ccccc3)CC2)[C@@H](C(=O)NO)C1. The van der Waals surface area contributed by atoms with Gasteiger partial charge < -0.3 is 25.2 Å². The number of ether oxygens (including phenoxy) is 1. The van der Waals surface area contributed by atoms with E-state index in [1.54, 1.807) is 24.2 Å². The van der Waals surface area contributed by atoms with Crippen LogP contribution in [0.2, 0.25) is 0 Å². The second-order valence-corrected chi connectivity index (χ2v) is 8.55. The Labute approximate surface area is 188 Å². The summed E-state index contributed by atoms with van der Waals surface area (Å²) < 4.78 is 5.06. The van der Waals surface area contributed by atoms with Crippen molar-refractivity contribution in [3.63, 3.8) is 0 Å². The van der Waals surface area contributed by atoms with Crippen molar-refractivity contribution in [3.05, 3.63) is 30.3 Å². The van der Waals surface area contributed by atoms with Crippen LogP contribution in [0, 0.1) is 11.8 Å². The van der Waals surface area contributed by atoms with Gasteiger partial charge >= 0.3 is 6.09 Å². The van der Waals surface area contributed by atoms with Gasteiger partial charge in [0, 0.05) is 45.0 Å². The van der Waals surface area contributed by atoms with Gasteiger partial charge in [0.1, 0.15) is 0 Å². The van der Waals surface area contributed by atoms with Gasteiger partial charge in [-0.3, -0.25) is 14.8 Å². The molecule has 32 heavy (non-hydrogen) atoms. The number of carbonyl (C=O) groups excluding carboxylic acids is 3. The molecule has 1 aromatic rings. The number of hydrogen-bond donors (Lipinski definition) is 4. The molecule has 0 bridgehead atoms. The van der Waals surface area contributed by atoms with E-state index in [2.05, 4.69) is 15.5 Å². The van der Waals surface area contributed by atoms with E-state index in [0.717, 1.165) is 5.69 Å². The van der Waals surface area contributed by atoms with Crippen LogP contribution in [0.3, 0.4) is 0 Å². The Kier molecular flexibility index (Phi) is 8.29. The van der Waals surface area contributed by atoms with E-state index in [4.69, 9.17) is 4.74 Å². The van der Waals surface area contributed by atoms with Crippen LogP contribution in [0.5, 0.6) is 0 Å². The molecule has 0 aliphatic carbocycles. The van der Waals surface area contributed by atoms with Gasteiger partial charge in [-0.1, -0.05) is 18.2 Å². The van der Waals surface area contributed by atoms with Gasteiger partial charge in [0.25, 0.3) is 0 Å². The van der Waals surface area contributed by atoms with Gasteiger partial charge in [-0.25, -0.2) is 10.3 Å². The average Bonchev–Trinajstić information content (AvgIpc) is 2.82. The molecule has 2 fully saturated rings. The maximum atomic E-state index is 13.2. The molecule has 3 rings (SSSR count). The van der Waals surface area contributed by atoms with E-state index < -0.39 is 24.0 Å². The number of alkyl carbamates (subject to hydrolysis) is 1. The number of para-hydroxylation sites is 1. The average molecular weight is 448 g/mol. The zero-order valence-corrected chi connectivity index (χ0v) is 18.6. The van der Waals surface area contributed by atoms with Crippen LogP contribution in [0.1, 0.15) is 20.3 Å². The summed E-state index contributed by atoms with van der Waals surface area (Å²) in [5, 5.41) is 15.1. The summed E-state index contributed by atoms with van der Waals surface area (Å²) in [6.07, 6.45) is -0.378. The summed E-state index contributed by atoms with van der Waals surface area (Å²) in [5.74, 6) is -1.55. The summed E-state index contributed by atoms with van der Waals surface area (Å²) in [5.41, 5.74) is 2.82. The molecular formula is C22H33N5O5. The molecule has 3 amide bonds. The van der Waals surface area contributed by atoms with Crippen LogP contribution >= 0.6 is 0 Å². The zero-order chi connectivity index (χ0) is 23.1. The number of hydrogen-bond acceptors (Lipinski definition) is 7. The first-order chi connectivity index (χ1) is 15.4. The first-order valence-corrected chi connectivity index (χ1v) is 11.1. The minimum Gasteiger partial charge on any atom is -0.447 e. The summed E-state index contributed by atoms with van der Waals surface area (Å²) in [7, 11) is 0. The Bertz CT molecular complexity index is 782. The van der Waals surface area contributed by atoms with Crippen molar-refractivity contribution in [1.29, 1.82) is 0 Å². The number of rotatable bonds is 6. The minimum atomic E-state index is -0.735. The highest BCUT2D eigenvalue weighted by Crippen LogP contribution is 2.24. The molecule has 4 N–H and O–H groups in total. The molecule has 176 valence electrons. The molecular weight excluding hydrogens is 414 g/mol. The van der Waals surface area contributed by atoms with Gasteiger partial charge in [-0.05, 0) is 38.3 Å². The Morgan fingerprint density at radius 3 is 2.47 bits per heavy atom. The maximum absolute atomic E-state index is 13.2. The molecule has 2 heterocycles. The van der Waals surface area contributed by atoms with Crippen molar-refractivity contribution in [2.45, 2.75) is 32.4 Å². The van der Waals surface area contributed by atoms with Crippen molar-refractivity contribution in [1.82, 2.24) is 21.0 Å². The van der Waals surface area contributed by atoms with Gasteiger partial charge in [-0.2, -0.15) is 0 Å². The molecule has 0 aromatic heterocycles. The van der Waals surface area contributed by atoms with E-state index in [-0.39, 0.29) is 17.9 Å². The predicted octanol–water partition coefficient (Wildman–Crippen LogP) is 0.570. The summed E-state index contributed by atoms with van der Waals surface area (Å²) in [6.45, 7) is 6.85. The monoisotopic (exact) mass is 447 g/mol. The molecule has 0 spiro atoms. The van der Waals surface area contributed by atoms with E-state index in [9.17, 15) is 19.6 Å². The lowest BCUT2D eigenvalue weighted by Crippen LogP contribution is -2.61. The molecule has 3 atom stereocenters. The second-order valence-electron chi connectivity index (χ2n) is 8.55. The fraction of sp³-hybridized carbons (Fsp3) is 0.591. The lowest BCUT2D eigenvalue weighted by atomic mass is 9.83. The van der Waals surface area contributed by atoms with Crippen LogP contribution in [-0.2, 0) is 14.3 Å². The lowest BCUT2D eigenvalue weighted by Gasteiger charge is -2.41. The van der Waals surface area contributed by atoms with Crippen LogP contribution in [-0.4, -0.2) is 79.4 Å². The number of hydroxylamine groups is 1. The van der Waals surface area contributed by atoms with Crippen molar-refractivity contribution < 1.29 is 24.3 Å². The third-order valence-electron chi connectivity index (χ3n) is 5.92. The van der Waals surface area contributed by atoms with E-state index in [0.29, 0.717) is 45.7 Å². The fourth-order valence-electron chi connectivity index (χ4n) is 4.27. The van der Waals surface area contributed by atoms with Crippen LogP contribution in [0.15, 0.2) is 30.3 Å². The number of piperazine rings is 1. The van der Waals surface area contributed by atoms with Gasteiger partial charge in [0.15, 0.2) is 0 Å². The number of nitrogens with one attached hydrogen (secondary N) is 3. The number of carbonyl (C=O) groups is 3. The highest BCUT2D eigenvalue weighted by molar-refractivity contribution is 5.90. The third-order valence-corrected chi connectivity index (χ3v) is 5.92. The highest BCUT2D eigenvalue weighted by Gasteiger charge is 2.41. The molecule has 1 unspecified atom stereocenters. The number of benzene rings is 1. The summed E-state index contributed by atoms with van der Waals surface area (Å²) in [4.78, 5) is 41.3. The highest BCUT2D eigenvalue weighted by atomic mass is 16.6. The minimum absolute atomic E-state index is 0.0732. The molecule has 0 saturated carbocycles. The molecule has 2 aliphatic rings. The zero-order valence-electron chi connectivity index (χ0n) is 18.6. The van der Waals surface area contributed by atoms with Gasteiger partial charge in [0.05, 0.1) is 18.1 Å². The van der Waals surface area contributed by atoms with Gasteiger partial charge in [0.2, 0.25) is 11.8 Å². The van der Waals surface area contributed by atoms with Crippen LogP contribution in [0.25, 0.3) is 0 Å². The first-order valence-electron chi connectivity index (χ1n) is 11.1. The second kappa shape index (κ2) is 11.1. The largest absolute Gasteiger partial charge is 0.447 e. The van der Waals surface area contributed by atoms with Crippen LogP contribution < -0.4 is 21.0 Å². The van der Waals surface area contributed by atoms with Crippen molar-refractivity contribution in [2.24, 2.45) is 11.8 Å². The number of nitrogens with zero attached hydrogens (tertiary/aromatic N) is 2. The van der Waals surface area contributed by atoms with Crippen LogP contribution in [0.4, 0.5) is 10.5 Å². The third kappa shape index (κ3) is 6.10. The molecule has 10 nitrogen and oxygen atoms in total. The van der Waals surface area contributed by atoms with E-state index in [1.807, 2.05) is 30.3 Å². The van der Waals surface area contributed by atoms with Crippen molar-refractivity contribution in [2.75, 3.05) is 44.2 Å². The smallest absolute Gasteiger partial charge is 0.407 e.